The van der Waals surface area contributed by atoms with Gasteiger partial charge in [0.05, 0.1) is 24.8 Å². The molecule has 0 saturated carbocycles. The Balaban J connectivity index is 1.50. The number of nitrogens with zero attached hydrogens (tertiary/aromatic N) is 3. The highest BCUT2D eigenvalue weighted by Crippen LogP contribution is 2.37. The van der Waals surface area contributed by atoms with Crippen molar-refractivity contribution in [3.8, 4) is 5.75 Å². The minimum absolute atomic E-state index is 0.0242. The van der Waals surface area contributed by atoms with Crippen LogP contribution in [-0.4, -0.2) is 58.5 Å². The number of aryl methyl sites for hydroxylation is 1. The van der Waals surface area contributed by atoms with Gasteiger partial charge in [-0.1, -0.05) is 49.4 Å². The molecule has 1 amide bonds. The first kappa shape index (κ1) is 29.1. The van der Waals surface area contributed by atoms with E-state index < -0.39 is 6.09 Å². The lowest BCUT2D eigenvalue weighted by atomic mass is 9.86. The summed E-state index contributed by atoms with van der Waals surface area (Å²) in [7, 11) is 0. The molecule has 0 aliphatic carbocycles. The van der Waals surface area contributed by atoms with Crippen LogP contribution in [0.25, 0.3) is 22.0 Å². The number of benzene rings is 3. The van der Waals surface area contributed by atoms with Crippen LogP contribution >= 0.6 is 0 Å². The summed E-state index contributed by atoms with van der Waals surface area (Å²) in [5.74, 6) is 0.632. The molecule has 42 heavy (non-hydrogen) atoms. The maximum atomic E-state index is 11.3. The van der Waals surface area contributed by atoms with Crippen LogP contribution in [0.4, 0.5) is 4.79 Å². The molecule has 5 rings (SSSR count). The molecule has 1 unspecified atom stereocenters. The lowest BCUT2D eigenvalue weighted by Gasteiger charge is -2.23. The zero-order valence-corrected chi connectivity index (χ0v) is 24.2. The number of hydrogen-bond acceptors (Lipinski definition) is 5. The Morgan fingerprint density at radius 1 is 1.12 bits per heavy atom. The van der Waals surface area contributed by atoms with Gasteiger partial charge in [-0.15, -0.1) is 0 Å². The number of hydrogen-bond donors (Lipinski definition) is 1. The third-order valence-electron chi connectivity index (χ3n) is 7.78. The third-order valence-corrected chi connectivity index (χ3v) is 7.78. The Labute approximate surface area is 246 Å². The van der Waals surface area contributed by atoms with Gasteiger partial charge in [0, 0.05) is 12.0 Å². The van der Waals surface area contributed by atoms with Gasteiger partial charge in [-0.05, 0) is 90.3 Å². The van der Waals surface area contributed by atoms with E-state index >= 15 is 0 Å². The summed E-state index contributed by atoms with van der Waals surface area (Å²) >= 11 is 0. The van der Waals surface area contributed by atoms with Gasteiger partial charge in [0.25, 0.3) is 0 Å². The Hall–Kier alpha value is -4.43. The minimum Gasteiger partial charge on any atom is -0.492 e. The number of carboxylic acid groups (broad SMARTS) is 1. The molecule has 4 aromatic rings. The molecule has 8 nitrogen and oxygen atoms in total. The first-order chi connectivity index (χ1) is 20.5. The van der Waals surface area contributed by atoms with E-state index in [0.717, 1.165) is 64.8 Å². The highest BCUT2D eigenvalue weighted by Gasteiger charge is 2.20. The van der Waals surface area contributed by atoms with Gasteiger partial charge < -0.3 is 19.4 Å². The Morgan fingerprint density at radius 2 is 1.90 bits per heavy atom. The summed E-state index contributed by atoms with van der Waals surface area (Å²) in [6, 6.07) is 22.9. The van der Waals surface area contributed by atoms with Crippen LogP contribution < -0.4 is 4.74 Å². The number of amides is 1. The summed E-state index contributed by atoms with van der Waals surface area (Å²) in [5.41, 5.74) is 8.04. The number of aldehydes is 1. The van der Waals surface area contributed by atoms with Crippen molar-refractivity contribution in [1.29, 1.82) is 0 Å². The predicted molar refractivity (Wildman–Crippen MR) is 164 cm³/mol. The van der Waals surface area contributed by atoms with Gasteiger partial charge in [-0.3, -0.25) is 4.90 Å². The van der Waals surface area contributed by atoms with E-state index in [2.05, 4.69) is 56.3 Å². The topological polar surface area (TPSA) is 93.9 Å². The second kappa shape index (κ2) is 13.5. The summed E-state index contributed by atoms with van der Waals surface area (Å²) in [6.45, 7) is 5.17. The fourth-order valence-electron chi connectivity index (χ4n) is 5.63. The molecule has 1 aliphatic rings. The molecule has 0 radical (unpaired) electrons. The first-order valence-corrected chi connectivity index (χ1v) is 14.5. The molecule has 1 fully saturated rings. The van der Waals surface area contributed by atoms with Crippen molar-refractivity contribution in [1.82, 2.24) is 14.7 Å². The van der Waals surface area contributed by atoms with Crippen LogP contribution in [0.15, 0.2) is 72.9 Å². The maximum Gasteiger partial charge on any atom is 0.407 e. The first-order valence-electron chi connectivity index (χ1n) is 14.5. The van der Waals surface area contributed by atoms with Crippen LogP contribution in [0.2, 0.25) is 0 Å². The largest absolute Gasteiger partial charge is 0.492 e. The molecule has 218 valence electrons. The number of fused-ring (bicyclic) bond motifs is 1. The Morgan fingerprint density at radius 3 is 2.60 bits per heavy atom. The van der Waals surface area contributed by atoms with Crippen molar-refractivity contribution in [3.05, 3.63) is 95.2 Å². The summed E-state index contributed by atoms with van der Waals surface area (Å²) < 4.78 is 13.8. The normalized spacial score (nSPS) is 15.7. The van der Waals surface area contributed by atoms with Crippen molar-refractivity contribution < 1.29 is 24.2 Å². The molecular weight excluding hydrogens is 530 g/mol. The van der Waals surface area contributed by atoms with Crippen molar-refractivity contribution in [2.75, 3.05) is 26.3 Å². The highest BCUT2D eigenvalue weighted by molar-refractivity contribution is 6.01. The molecule has 0 bridgehead atoms. The van der Waals surface area contributed by atoms with Crippen LogP contribution in [0.1, 0.15) is 61.1 Å². The van der Waals surface area contributed by atoms with Crippen LogP contribution in [0.5, 0.6) is 5.75 Å². The summed E-state index contributed by atoms with van der Waals surface area (Å²) in [6.07, 6.45) is 5.38. The van der Waals surface area contributed by atoms with E-state index in [-0.39, 0.29) is 25.9 Å². The summed E-state index contributed by atoms with van der Waals surface area (Å²) in [4.78, 5) is 23.1. The van der Waals surface area contributed by atoms with E-state index in [0.29, 0.717) is 12.0 Å². The van der Waals surface area contributed by atoms with Gasteiger partial charge in [0.2, 0.25) is 0 Å². The van der Waals surface area contributed by atoms with E-state index in [9.17, 15) is 14.7 Å². The van der Waals surface area contributed by atoms with Crippen LogP contribution in [-0.2, 0) is 9.53 Å². The monoisotopic (exact) mass is 567 g/mol. The second-order valence-corrected chi connectivity index (χ2v) is 10.5. The van der Waals surface area contributed by atoms with Gasteiger partial charge in [-0.2, -0.15) is 5.10 Å². The molecule has 1 N–H and O–H groups in total. The van der Waals surface area contributed by atoms with E-state index in [4.69, 9.17) is 14.6 Å². The average Bonchev–Trinajstić information content (AvgIpc) is 3.44. The summed E-state index contributed by atoms with van der Waals surface area (Å²) in [5, 5.41) is 15.0. The SMILES string of the molecule is CCC(=C(c1ccc(OCCN(CC=O)C(=O)O)cc1)c1ccc2c(cnn2C2CCCCO2)c1)c1ccccc1C. The van der Waals surface area contributed by atoms with Gasteiger partial charge in [-0.25, -0.2) is 9.48 Å². The second-order valence-electron chi connectivity index (χ2n) is 10.5. The van der Waals surface area contributed by atoms with Crippen molar-refractivity contribution in [2.24, 2.45) is 0 Å². The lowest BCUT2D eigenvalue weighted by Crippen LogP contribution is -2.34. The number of ether oxygens (including phenoxy) is 2. The lowest BCUT2D eigenvalue weighted by molar-refractivity contribution is -0.108. The molecule has 1 saturated heterocycles. The van der Waals surface area contributed by atoms with E-state index in [1.54, 1.807) is 0 Å². The smallest absolute Gasteiger partial charge is 0.407 e. The minimum atomic E-state index is -1.15. The van der Waals surface area contributed by atoms with Crippen molar-refractivity contribution in [2.45, 2.75) is 45.8 Å². The Bertz CT molecular complexity index is 1570. The molecule has 2 heterocycles. The molecule has 1 aromatic heterocycles. The zero-order chi connectivity index (χ0) is 29.5. The predicted octanol–water partition coefficient (Wildman–Crippen LogP) is 6.97. The maximum absolute atomic E-state index is 11.3. The molecule has 8 heteroatoms. The number of rotatable bonds is 11. The quantitative estimate of drug-likeness (QED) is 0.155. The molecule has 1 atom stereocenters. The standard InChI is InChI=1S/C34H37N3O5/c1-3-29(30-9-5-4-8-24(30)2)33(25-11-14-28(15-12-25)41-21-18-36(17-19-38)34(39)40)26-13-16-31-27(22-26)23-35-37(31)32-10-6-7-20-42-32/h4-5,8-9,11-16,19,22-23,32H,3,6-7,10,17-18,20-21H2,1-2H3,(H,39,40). The van der Waals surface area contributed by atoms with Crippen molar-refractivity contribution in [3.63, 3.8) is 0 Å². The average molecular weight is 568 g/mol. The number of carbonyl (C=O) groups excluding carboxylic acids is 1. The number of allylic oxidation sites excluding steroid dienone is 1. The van der Waals surface area contributed by atoms with Gasteiger partial charge >= 0.3 is 6.09 Å². The molecule has 0 spiro atoms. The highest BCUT2D eigenvalue weighted by atomic mass is 16.5. The fourth-order valence-corrected chi connectivity index (χ4v) is 5.63. The fraction of sp³-hybridized carbons (Fsp3) is 0.324. The van der Waals surface area contributed by atoms with Gasteiger partial charge in [0.15, 0.2) is 6.23 Å². The third kappa shape index (κ3) is 6.39. The molecular formula is C34H37N3O5. The molecule has 3 aromatic carbocycles. The van der Waals surface area contributed by atoms with Crippen LogP contribution in [0, 0.1) is 6.92 Å². The van der Waals surface area contributed by atoms with E-state index in [1.165, 1.54) is 16.7 Å². The Kier molecular flexibility index (Phi) is 9.34. The number of aromatic nitrogens is 2. The van der Waals surface area contributed by atoms with Crippen molar-refractivity contribution >= 4 is 34.4 Å². The van der Waals surface area contributed by atoms with Crippen LogP contribution in [0.3, 0.4) is 0 Å². The number of carbonyl (C=O) groups is 2. The van der Waals surface area contributed by atoms with E-state index in [1.807, 2.05) is 35.1 Å². The zero-order valence-electron chi connectivity index (χ0n) is 24.2. The molecule has 1 aliphatic heterocycles. The van der Waals surface area contributed by atoms with Gasteiger partial charge in [0.1, 0.15) is 18.6 Å².